The minimum atomic E-state index is -3.88. The molecule has 0 aromatic heterocycles. The van der Waals surface area contributed by atoms with Gasteiger partial charge in [-0.15, -0.1) is 0 Å². The molecule has 32 heavy (non-hydrogen) atoms. The maximum absolute atomic E-state index is 12.6. The number of hydrogen-bond donors (Lipinski definition) is 2. The van der Waals surface area contributed by atoms with E-state index in [0.717, 1.165) is 0 Å². The fourth-order valence-electron chi connectivity index (χ4n) is 2.72. The van der Waals surface area contributed by atoms with Crippen molar-refractivity contribution in [2.75, 3.05) is 30.9 Å². The standard InChI is InChI=1S/C22H21ClN2O6S/c1-29-16-9-7-15(8-10-16)25-32(27,28)17-11-12-20(18(23)13-17)31-14-22(26)24-19-5-3-4-6-21(19)30-2/h3-13,25H,14H2,1-2H3,(H,24,26). The van der Waals surface area contributed by atoms with Crippen molar-refractivity contribution < 1.29 is 27.4 Å². The van der Waals surface area contributed by atoms with Crippen LogP contribution in [-0.2, 0) is 14.8 Å². The molecule has 1 amide bonds. The first-order valence-electron chi connectivity index (χ1n) is 9.34. The lowest BCUT2D eigenvalue weighted by molar-refractivity contribution is -0.118. The molecule has 2 N–H and O–H groups in total. The number of hydrogen-bond acceptors (Lipinski definition) is 6. The SMILES string of the molecule is COc1ccc(NS(=O)(=O)c2ccc(OCC(=O)Nc3ccccc3OC)c(Cl)c2)cc1. The normalized spacial score (nSPS) is 10.8. The zero-order valence-corrected chi connectivity index (χ0v) is 18.9. The third-order valence-electron chi connectivity index (χ3n) is 4.30. The monoisotopic (exact) mass is 476 g/mol. The first-order valence-corrected chi connectivity index (χ1v) is 11.2. The highest BCUT2D eigenvalue weighted by Gasteiger charge is 2.17. The Hall–Kier alpha value is -3.43. The largest absolute Gasteiger partial charge is 0.497 e. The Morgan fingerprint density at radius 2 is 1.66 bits per heavy atom. The number of carbonyl (C=O) groups excluding carboxylic acids is 1. The Morgan fingerprint density at radius 1 is 0.938 bits per heavy atom. The fraction of sp³-hybridized carbons (Fsp3) is 0.136. The lowest BCUT2D eigenvalue weighted by Crippen LogP contribution is -2.20. The topological polar surface area (TPSA) is 103 Å². The zero-order valence-electron chi connectivity index (χ0n) is 17.3. The molecule has 0 unspecified atom stereocenters. The van der Waals surface area contributed by atoms with Crippen molar-refractivity contribution in [3.63, 3.8) is 0 Å². The van der Waals surface area contributed by atoms with Crippen LogP contribution >= 0.6 is 11.6 Å². The summed E-state index contributed by atoms with van der Waals surface area (Å²) in [5.41, 5.74) is 0.871. The first-order chi connectivity index (χ1) is 15.3. The number of rotatable bonds is 9. The Morgan fingerprint density at radius 3 is 2.31 bits per heavy atom. The lowest BCUT2D eigenvalue weighted by atomic mass is 10.3. The van der Waals surface area contributed by atoms with E-state index in [1.54, 1.807) is 48.5 Å². The van der Waals surface area contributed by atoms with Crippen molar-refractivity contribution in [2.45, 2.75) is 4.90 Å². The molecule has 10 heteroatoms. The van der Waals surface area contributed by atoms with Crippen molar-refractivity contribution in [2.24, 2.45) is 0 Å². The number of carbonyl (C=O) groups is 1. The summed E-state index contributed by atoms with van der Waals surface area (Å²) in [7, 11) is -0.855. The van der Waals surface area contributed by atoms with Gasteiger partial charge in [-0.2, -0.15) is 0 Å². The summed E-state index contributed by atoms with van der Waals surface area (Å²) >= 11 is 6.18. The third kappa shape index (κ3) is 5.83. The summed E-state index contributed by atoms with van der Waals surface area (Å²) in [4.78, 5) is 12.1. The van der Waals surface area contributed by atoms with Crippen LogP contribution in [0.2, 0.25) is 5.02 Å². The van der Waals surface area contributed by atoms with Gasteiger partial charge in [-0.25, -0.2) is 8.42 Å². The summed E-state index contributed by atoms with van der Waals surface area (Å²) in [6, 6.07) is 17.4. The Kier molecular flexibility index (Phi) is 7.45. The number of halogens is 1. The van der Waals surface area contributed by atoms with Gasteiger partial charge >= 0.3 is 0 Å². The second kappa shape index (κ2) is 10.3. The average molecular weight is 477 g/mol. The Labute approximate surface area is 191 Å². The van der Waals surface area contributed by atoms with Gasteiger partial charge in [-0.05, 0) is 54.6 Å². The summed E-state index contributed by atoms with van der Waals surface area (Å²) in [6.07, 6.45) is 0. The fourth-order valence-corrected chi connectivity index (χ4v) is 4.10. The highest BCUT2D eigenvalue weighted by Crippen LogP contribution is 2.29. The van der Waals surface area contributed by atoms with Gasteiger partial charge in [0.25, 0.3) is 15.9 Å². The molecule has 0 radical (unpaired) electrons. The van der Waals surface area contributed by atoms with Gasteiger partial charge in [0.15, 0.2) is 6.61 Å². The quantitative estimate of drug-likeness (QED) is 0.480. The van der Waals surface area contributed by atoms with E-state index < -0.39 is 15.9 Å². The molecule has 0 heterocycles. The molecule has 3 rings (SSSR count). The van der Waals surface area contributed by atoms with Crippen LogP contribution in [0.5, 0.6) is 17.2 Å². The number of amides is 1. The molecule has 3 aromatic carbocycles. The average Bonchev–Trinajstić information content (AvgIpc) is 2.79. The predicted octanol–water partition coefficient (Wildman–Crippen LogP) is 4.18. The summed E-state index contributed by atoms with van der Waals surface area (Å²) in [6.45, 7) is -0.325. The zero-order chi connectivity index (χ0) is 23.1. The number of anilines is 2. The van der Waals surface area contributed by atoms with Crippen LogP contribution in [0.3, 0.4) is 0 Å². The maximum Gasteiger partial charge on any atom is 0.262 e. The summed E-state index contributed by atoms with van der Waals surface area (Å²) in [5, 5.41) is 2.72. The molecule has 8 nitrogen and oxygen atoms in total. The van der Waals surface area contributed by atoms with Crippen LogP contribution in [0.25, 0.3) is 0 Å². The van der Waals surface area contributed by atoms with Gasteiger partial charge in [0.2, 0.25) is 0 Å². The number of sulfonamides is 1. The molecule has 0 bridgehead atoms. The molecular weight excluding hydrogens is 456 g/mol. The molecule has 0 aliphatic heterocycles. The van der Waals surface area contributed by atoms with Crippen molar-refractivity contribution in [1.82, 2.24) is 0 Å². The second-order valence-electron chi connectivity index (χ2n) is 6.46. The second-order valence-corrected chi connectivity index (χ2v) is 8.55. The van der Waals surface area contributed by atoms with Gasteiger partial charge in [0.05, 0.1) is 29.8 Å². The molecule has 0 aliphatic carbocycles. The maximum atomic E-state index is 12.6. The van der Waals surface area contributed by atoms with Gasteiger partial charge < -0.3 is 19.5 Å². The molecular formula is C22H21ClN2O6S. The van der Waals surface area contributed by atoms with Crippen molar-refractivity contribution >= 4 is 38.9 Å². The predicted molar refractivity (Wildman–Crippen MR) is 122 cm³/mol. The molecule has 0 atom stereocenters. The van der Waals surface area contributed by atoms with E-state index in [-0.39, 0.29) is 22.3 Å². The van der Waals surface area contributed by atoms with Crippen LogP contribution in [-0.4, -0.2) is 35.2 Å². The van der Waals surface area contributed by atoms with E-state index >= 15 is 0 Å². The van der Waals surface area contributed by atoms with Crippen molar-refractivity contribution in [1.29, 1.82) is 0 Å². The summed E-state index contributed by atoms with van der Waals surface area (Å²) in [5.74, 6) is 0.860. The van der Waals surface area contributed by atoms with Gasteiger partial charge in [-0.1, -0.05) is 23.7 Å². The van der Waals surface area contributed by atoms with E-state index in [1.165, 1.54) is 32.4 Å². The van der Waals surface area contributed by atoms with Gasteiger partial charge in [-0.3, -0.25) is 9.52 Å². The molecule has 0 aliphatic rings. The number of ether oxygens (including phenoxy) is 3. The van der Waals surface area contributed by atoms with Crippen molar-refractivity contribution in [3.05, 3.63) is 71.8 Å². The van der Waals surface area contributed by atoms with E-state index in [2.05, 4.69) is 10.0 Å². The Bertz CT molecular complexity index is 1200. The highest BCUT2D eigenvalue weighted by atomic mass is 35.5. The molecule has 0 saturated carbocycles. The van der Waals surface area contributed by atoms with E-state index in [0.29, 0.717) is 22.9 Å². The van der Waals surface area contributed by atoms with Crippen LogP contribution in [0.15, 0.2) is 71.6 Å². The summed E-state index contributed by atoms with van der Waals surface area (Å²) < 4.78 is 43.4. The van der Waals surface area contributed by atoms with Gasteiger partial charge in [0, 0.05) is 5.69 Å². The molecule has 0 spiro atoms. The van der Waals surface area contributed by atoms with E-state index in [1.807, 2.05) is 0 Å². The molecule has 0 saturated heterocycles. The Balaban J connectivity index is 1.64. The minimum Gasteiger partial charge on any atom is -0.497 e. The van der Waals surface area contributed by atoms with Gasteiger partial charge in [0.1, 0.15) is 17.2 Å². The van der Waals surface area contributed by atoms with Crippen molar-refractivity contribution in [3.8, 4) is 17.2 Å². The smallest absolute Gasteiger partial charge is 0.262 e. The van der Waals surface area contributed by atoms with E-state index in [9.17, 15) is 13.2 Å². The number of methoxy groups -OCH3 is 2. The number of para-hydroxylation sites is 2. The highest BCUT2D eigenvalue weighted by molar-refractivity contribution is 7.92. The first kappa shape index (κ1) is 23.2. The molecule has 3 aromatic rings. The number of benzene rings is 3. The van der Waals surface area contributed by atoms with E-state index in [4.69, 9.17) is 25.8 Å². The lowest BCUT2D eigenvalue weighted by Gasteiger charge is -2.12. The molecule has 168 valence electrons. The third-order valence-corrected chi connectivity index (χ3v) is 5.97. The number of nitrogens with one attached hydrogen (secondary N) is 2. The van der Waals surface area contributed by atoms with Crippen LogP contribution in [0.4, 0.5) is 11.4 Å². The van der Waals surface area contributed by atoms with Crippen LogP contribution < -0.4 is 24.2 Å². The van der Waals surface area contributed by atoms with Crippen LogP contribution in [0, 0.1) is 0 Å². The minimum absolute atomic E-state index is 0.0488. The molecule has 0 fully saturated rings. The van der Waals surface area contributed by atoms with Crippen LogP contribution in [0.1, 0.15) is 0 Å².